The van der Waals surface area contributed by atoms with E-state index in [2.05, 4.69) is 21.7 Å². The van der Waals surface area contributed by atoms with Gasteiger partial charge in [-0.3, -0.25) is 9.89 Å². The number of rotatable bonds is 7. The summed E-state index contributed by atoms with van der Waals surface area (Å²) in [6.45, 7) is 3.46. The Hall–Kier alpha value is -1.96. The van der Waals surface area contributed by atoms with Gasteiger partial charge in [-0.25, -0.2) is 0 Å². The number of benzene rings is 1. The molecule has 27 heavy (non-hydrogen) atoms. The van der Waals surface area contributed by atoms with Crippen LogP contribution in [0.4, 0.5) is 13.2 Å². The van der Waals surface area contributed by atoms with Crippen molar-refractivity contribution in [2.75, 3.05) is 46.9 Å². The molecule has 0 saturated carbocycles. The molecule has 2 rings (SSSR count). The molecular formula is C19H29F3N4O. The number of nitrogens with zero attached hydrogens (tertiary/aromatic N) is 2. The zero-order valence-electron chi connectivity index (χ0n) is 16.2. The van der Waals surface area contributed by atoms with Crippen LogP contribution < -0.4 is 15.4 Å². The van der Waals surface area contributed by atoms with Crippen molar-refractivity contribution in [1.82, 2.24) is 15.5 Å². The monoisotopic (exact) mass is 386 g/mol. The summed E-state index contributed by atoms with van der Waals surface area (Å²) in [6, 6.07) is 6.14. The molecule has 0 spiro atoms. The van der Waals surface area contributed by atoms with Gasteiger partial charge in [0.15, 0.2) is 5.96 Å². The number of methoxy groups -OCH3 is 1. The highest BCUT2D eigenvalue weighted by Crippen LogP contribution is 2.22. The Morgan fingerprint density at radius 2 is 2.11 bits per heavy atom. The maximum atomic E-state index is 12.5. The molecule has 0 radical (unpaired) electrons. The predicted molar refractivity (Wildman–Crippen MR) is 101 cm³/mol. The smallest absolute Gasteiger partial charge is 0.401 e. The number of guanidine groups is 1. The number of ether oxygens (including phenoxy) is 1. The van der Waals surface area contributed by atoms with E-state index >= 15 is 0 Å². The first-order chi connectivity index (χ1) is 12.8. The van der Waals surface area contributed by atoms with Gasteiger partial charge in [-0.2, -0.15) is 13.2 Å². The van der Waals surface area contributed by atoms with Crippen LogP contribution in [0, 0.1) is 12.8 Å². The van der Waals surface area contributed by atoms with E-state index in [4.69, 9.17) is 4.74 Å². The third-order valence-electron chi connectivity index (χ3n) is 4.73. The van der Waals surface area contributed by atoms with E-state index in [-0.39, 0.29) is 5.92 Å². The molecule has 1 aromatic carbocycles. The highest BCUT2D eigenvalue weighted by molar-refractivity contribution is 5.79. The molecule has 0 aromatic heterocycles. The number of hydrogen-bond acceptors (Lipinski definition) is 3. The lowest BCUT2D eigenvalue weighted by molar-refractivity contribution is -0.143. The Morgan fingerprint density at radius 1 is 1.33 bits per heavy atom. The fraction of sp³-hybridized carbons (Fsp3) is 0.632. The molecule has 2 N–H and O–H groups in total. The summed E-state index contributed by atoms with van der Waals surface area (Å²) < 4.78 is 42.7. The molecule has 5 nitrogen and oxygen atoms in total. The minimum atomic E-state index is -4.13. The lowest BCUT2D eigenvalue weighted by Gasteiger charge is -2.18. The normalized spacial score (nSPS) is 18.6. The molecule has 1 fully saturated rings. The number of likely N-dealkylation sites (tertiary alicyclic amines) is 1. The molecule has 1 aliphatic heterocycles. The Balaban J connectivity index is 1.71. The van der Waals surface area contributed by atoms with Crippen LogP contribution in [0.2, 0.25) is 0 Å². The van der Waals surface area contributed by atoms with Gasteiger partial charge in [-0.1, -0.05) is 12.1 Å². The number of hydrogen-bond donors (Lipinski definition) is 2. The second-order valence-electron chi connectivity index (χ2n) is 6.94. The minimum Gasteiger partial charge on any atom is -0.496 e. The van der Waals surface area contributed by atoms with Gasteiger partial charge in [-0.15, -0.1) is 0 Å². The Bertz CT molecular complexity index is 634. The van der Waals surface area contributed by atoms with Gasteiger partial charge < -0.3 is 15.4 Å². The Kier molecular flexibility index (Phi) is 7.77. The van der Waals surface area contributed by atoms with Crippen LogP contribution in [-0.4, -0.2) is 63.9 Å². The standard InChI is InChI=1S/C19H29F3N4O/c1-14-4-5-15(10-17(14)27-3)6-8-24-18(23-2)25-11-16-7-9-26(12-16)13-19(20,21)22/h4-5,10,16H,6-9,11-13H2,1-3H3,(H2,23,24,25). The summed E-state index contributed by atoms with van der Waals surface area (Å²) in [4.78, 5) is 5.65. The van der Waals surface area contributed by atoms with Crippen LogP contribution >= 0.6 is 0 Å². The molecule has 0 aliphatic carbocycles. The number of alkyl halides is 3. The molecule has 0 bridgehead atoms. The van der Waals surface area contributed by atoms with E-state index in [0.29, 0.717) is 32.1 Å². The zero-order chi connectivity index (χ0) is 19.9. The second kappa shape index (κ2) is 9.82. The molecular weight excluding hydrogens is 357 g/mol. The minimum absolute atomic E-state index is 0.201. The fourth-order valence-corrected chi connectivity index (χ4v) is 3.28. The van der Waals surface area contributed by atoms with E-state index in [1.165, 1.54) is 10.5 Å². The van der Waals surface area contributed by atoms with Crippen molar-refractivity contribution in [3.63, 3.8) is 0 Å². The maximum absolute atomic E-state index is 12.5. The second-order valence-corrected chi connectivity index (χ2v) is 6.94. The third kappa shape index (κ3) is 7.28. The number of aliphatic imine (C=N–C) groups is 1. The molecule has 1 aromatic rings. The van der Waals surface area contributed by atoms with Crippen molar-refractivity contribution in [2.45, 2.75) is 25.9 Å². The highest BCUT2D eigenvalue weighted by Gasteiger charge is 2.34. The number of aryl methyl sites for hydroxylation is 1. The summed E-state index contributed by atoms with van der Waals surface area (Å²) in [7, 11) is 3.35. The zero-order valence-corrected chi connectivity index (χ0v) is 16.2. The van der Waals surface area contributed by atoms with Crippen LogP contribution in [0.3, 0.4) is 0 Å². The van der Waals surface area contributed by atoms with Crippen molar-refractivity contribution < 1.29 is 17.9 Å². The molecule has 1 heterocycles. The average Bonchev–Trinajstić information content (AvgIpc) is 3.04. The number of halogens is 3. The van der Waals surface area contributed by atoms with Crippen LogP contribution in [-0.2, 0) is 6.42 Å². The Labute approximate surface area is 159 Å². The molecule has 8 heteroatoms. The van der Waals surface area contributed by atoms with E-state index < -0.39 is 12.7 Å². The van der Waals surface area contributed by atoms with Gasteiger partial charge in [0.2, 0.25) is 0 Å². The predicted octanol–water partition coefficient (Wildman–Crippen LogP) is 2.60. The van der Waals surface area contributed by atoms with Crippen molar-refractivity contribution in [2.24, 2.45) is 10.9 Å². The van der Waals surface area contributed by atoms with E-state index in [9.17, 15) is 13.2 Å². The van der Waals surface area contributed by atoms with Crippen molar-refractivity contribution in [3.8, 4) is 5.75 Å². The topological polar surface area (TPSA) is 48.9 Å². The Morgan fingerprint density at radius 3 is 2.78 bits per heavy atom. The molecule has 152 valence electrons. The van der Waals surface area contributed by atoms with Crippen molar-refractivity contribution in [3.05, 3.63) is 29.3 Å². The lowest BCUT2D eigenvalue weighted by atomic mass is 10.1. The fourth-order valence-electron chi connectivity index (χ4n) is 3.28. The lowest BCUT2D eigenvalue weighted by Crippen LogP contribution is -2.41. The van der Waals surface area contributed by atoms with E-state index in [1.54, 1.807) is 14.2 Å². The number of nitrogens with one attached hydrogen (secondary N) is 2. The largest absolute Gasteiger partial charge is 0.496 e. The van der Waals surface area contributed by atoms with E-state index in [1.807, 2.05) is 19.1 Å². The van der Waals surface area contributed by atoms with Crippen LogP contribution in [0.25, 0.3) is 0 Å². The molecule has 0 amide bonds. The summed E-state index contributed by atoms with van der Waals surface area (Å²) in [6.07, 6.45) is -2.54. The van der Waals surface area contributed by atoms with Crippen LogP contribution in [0.1, 0.15) is 17.5 Å². The van der Waals surface area contributed by atoms with Crippen LogP contribution in [0.5, 0.6) is 5.75 Å². The molecule has 1 aliphatic rings. The summed E-state index contributed by atoms with van der Waals surface area (Å²) >= 11 is 0. The van der Waals surface area contributed by atoms with Gasteiger partial charge in [0.05, 0.1) is 13.7 Å². The van der Waals surface area contributed by atoms with Gasteiger partial charge in [0.1, 0.15) is 5.75 Å². The SMILES string of the molecule is CN=C(NCCc1ccc(C)c(OC)c1)NCC1CCN(CC(F)(F)F)C1. The molecule has 1 atom stereocenters. The quantitative estimate of drug-likeness (QED) is 0.559. The van der Waals surface area contributed by atoms with Crippen LogP contribution in [0.15, 0.2) is 23.2 Å². The van der Waals surface area contributed by atoms with Gasteiger partial charge in [0, 0.05) is 26.7 Å². The van der Waals surface area contributed by atoms with Crippen molar-refractivity contribution >= 4 is 5.96 Å². The first-order valence-corrected chi connectivity index (χ1v) is 9.18. The van der Waals surface area contributed by atoms with Gasteiger partial charge in [0.25, 0.3) is 0 Å². The third-order valence-corrected chi connectivity index (χ3v) is 4.73. The highest BCUT2D eigenvalue weighted by atomic mass is 19.4. The maximum Gasteiger partial charge on any atom is 0.401 e. The molecule has 1 unspecified atom stereocenters. The van der Waals surface area contributed by atoms with E-state index in [0.717, 1.165) is 24.2 Å². The first-order valence-electron chi connectivity index (χ1n) is 9.18. The summed E-state index contributed by atoms with van der Waals surface area (Å²) in [5, 5.41) is 6.47. The summed E-state index contributed by atoms with van der Waals surface area (Å²) in [5.74, 6) is 1.75. The van der Waals surface area contributed by atoms with Gasteiger partial charge in [-0.05, 0) is 49.4 Å². The van der Waals surface area contributed by atoms with Gasteiger partial charge >= 0.3 is 6.18 Å². The first kappa shape index (κ1) is 21.3. The average molecular weight is 386 g/mol. The molecule has 1 saturated heterocycles. The summed E-state index contributed by atoms with van der Waals surface area (Å²) in [5.41, 5.74) is 2.27. The van der Waals surface area contributed by atoms with Crippen molar-refractivity contribution in [1.29, 1.82) is 0 Å².